The average molecular weight is 518 g/mol. The van der Waals surface area contributed by atoms with Gasteiger partial charge in [0.05, 0.1) is 21.6 Å². The number of nitrogens with zero attached hydrogens (tertiary/aromatic N) is 2. The third kappa shape index (κ3) is 4.72. The summed E-state index contributed by atoms with van der Waals surface area (Å²) in [4.78, 5) is 1.56. The Bertz CT molecular complexity index is 1240. The van der Waals surface area contributed by atoms with E-state index in [1.165, 1.54) is 4.31 Å². The van der Waals surface area contributed by atoms with Crippen LogP contribution in [0.4, 0.5) is 14.5 Å². The van der Waals surface area contributed by atoms with Crippen molar-refractivity contribution < 1.29 is 17.2 Å². The number of piperazine rings is 1. The number of benzene rings is 3. The summed E-state index contributed by atoms with van der Waals surface area (Å²) in [5.41, 5.74) is 1.51. The molecular weight excluding hydrogens is 501 g/mol. The maximum absolute atomic E-state index is 13.7. The highest BCUT2D eigenvalue weighted by atomic mass is 35.5. The Morgan fingerprint density at radius 3 is 2.06 bits per heavy atom. The van der Waals surface area contributed by atoms with Crippen molar-refractivity contribution in [2.45, 2.75) is 10.9 Å². The molecule has 0 spiro atoms. The summed E-state index contributed by atoms with van der Waals surface area (Å²) in [6.45, 7) is 0.441. The van der Waals surface area contributed by atoms with E-state index in [4.69, 9.17) is 34.8 Å². The van der Waals surface area contributed by atoms with Gasteiger partial charge in [-0.1, -0.05) is 46.9 Å². The molecule has 1 aliphatic rings. The van der Waals surface area contributed by atoms with Gasteiger partial charge < -0.3 is 4.90 Å². The second kappa shape index (κ2) is 9.15. The molecule has 0 N–H and O–H groups in total. The molecule has 1 atom stereocenters. The molecule has 0 aliphatic carbocycles. The summed E-state index contributed by atoms with van der Waals surface area (Å²) >= 11 is 18.5. The Kier molecular flexibility index (Phi) is 6.66. The highest BCUT2D eigenvalue weighted by Gasteiger charge is 2.36. The van der Waals surface area contributed by atoms with Crippen LogP contribution in [0.25, 0.3) is 0 Å². The van der Waals surface area contributed by atoms with Crippen molar-refractivity contribution in [3.05, 3.63) is 92.9 Å². The molecule has 4 rings (SSSR count). The van der Waals surface area contributed by atoms with Gasteiger partial charge in [-0.25, -0.2) is 17.2 Å². The van der Waals surface area contributed by atoms with Gasteiger partial charge in [0.1, 0.15) is 11.6 Å². The predicted octanol–water partition coefficient (Wildman–Crippen LogP) is 6.18. The van der Waals surface area contributed by atoms with Crippen LogP contribution in [0.1, 0.15) is 11.6 Å². The normalized spacial score (nSPS) is 17.5. The minimum atomic E-state index is -4.13. The largest absolute Gasteiger partial charge is 0.361 e. The topological polar surface area (TPSA) is 40.6 Å². The Labute approximate surface area is 200 Å². The minimum absolute atomic E-state index is 0.0427. The summed E-state index contributed by atoms with van der Waals surface area (Å²) in [5, 5.41) is 1.46. The van der Waals surface area contributed by atoms with Crippen molar-refractivity contribution in [1.82, 2.24) is 4.31 Å². The van der Waals surface area contributed by atoms with E-state index in [1.54, 1.807) is 30.3 Å². The molecule has 1 fully saturated rings. The van der Waals surface area contributed by atoms with Crippen molar-refractivity contribution in [3.8, 4) is 0 Å². The van der Waals surface area contributed by atoms with E-state index in [1.807, 2.05) is 17.0 Å². The van der Waals surface area contributed by atoms with Crippen LogP contribution in [0.3, 0.4) is 0 Å². The molecule has 32 heavy (non-hydrogen) atoms. The third-order valence-electron chi connectivity index (χ3n) is 5.29. The van der Waals surface area contributed by atoms with Crippen LogP contribution in [-0.2, 0) is 10.0 Å². The predicted molar refractivity (Wildman–Crippen MR) is 123 cm³/mol. The molecular formula is C22H17Cl3F2N2O2S. The molecule has 168 valence electrons. The fourth-order valence-electron chi connectivity index (χ4n) is 3.78. The lowest BCUT2D eigenvalue weighted by Gasteiger charge is -2.42. The monoisotopic (exact) mass is 516 g/mol. The first kappa shape index (κ1) is 23.3. The Morgan fingerprint density at radius 2 is 1.44 bits per heavy atom. The van der Waals surface area contributed by atoms with Crippen LogP contribution in [0, 0.1) is 11.6 Å². The molecule has 3 aromatic rings. The molecule has 0 bridgehead atoms. The fourth-order valence-corrected chi connectivity index (χ4v) is 5.90. The van der Waals surface area contributed by atoms with Gasteiger partial charge in [-0.05, 0) is 48.0 Å². The van der Waals surface area contributed by atoms with Gasteiger partial charge in [0.15, 0.2) is 0 Å². The van der Waals surface area contributed by atoms with E-state index in [2.05, 4.69) is 0 Å². The Balaban J connectivity index is 1.73. The number of anilines is 1. The van der Waals surface area contributed by atoms with Gasteiger partial charge in [0, 0.05) is 35.7 Å². The second-order valence-electron chi connectivity index (χ2n) is 7.32. The second-order valence-corrected chi connectivity index (χ2v) is 10.5. The highest BCUT2D eigenvalue weighted by Crippen LogP contribution is 2.38. The van der Waals surface area contributed by atoms with Gasteiger partial charge in [-0.3, -0.25) is 0 Å². The number of hydrogen-bond acceptors (Lipinski definition) is 3. The SMILES string of the molecule is O=S(=O)(c1cc(F)cc(F)c1)N1CCN(c2ccc(Cl)cc2Cl)C(c2ccc(Cl)cc2)C1. The quantitative estimate of drug-likeness (QED) is 0.415. The van der Waals surface area contributed by atoms with Crippen molar-refractivity contribution in [2.75, 3.05) is 24.5 Å². The molecule has 4 nitrogen and oxygen atoms in total. The van der Waals surface area contributed by atoms with E-state index in [-0.39, 0.29) is 13.1 Å². The Morgan fingerprint density at radius 1 is 0.812 bits per heavy atom. The van der Waals surface area contributed by atoms with Crippen molar-refractivity contribution in [3.63, 3.8) is 0 Å². The molecule has 0 saturated carbocycles. The average Bonchev–Trinajstić information content (AvgIpc) is 2.73. The van der Waals surface area contributed by atoms with E-state index in [9.17, 15) is 17.2 Å². The first-order valence-corrected chi connectivity index (χ1v) is 12.2. The summed E-state index contributed by atoms with van der Waals surface area (Å²) < 4.78 is 55.0. The maximum atomic E-state index is 13.7. The lowest BCUT2D eigenvalue weighted by atomic mass is 10.0. The van der Waals surface area contributed by atoms with Crippen LogP contribution in [0.5, 0.6) is 0 Å². The van der Waals surface area contributed by atoms with Crippen molar-refractivity contribution >= 4 is 50.5 Å². The number of rotatable bonds is 4. The highest BCUT2D eigenvalue weighted by molar-refractivity contribution is 7.89. The molecule has 10 heteroatoms. The van der Waals surface area contributed by atoms with Crippen molar-refractivity contribution in [1.29, 1.82) is 0 Å². The molecule has 1 unspecified atom stereocenters. The van der Waals surface area contributed by atoms with Gasteiger partial charge in [-0.2, -0.15) is 4.31 Å². The van der Waals surface area contributed by atoms with Gasteiger partial charge >= 0.3 is 0 Å². The third-order valence-corrected chi connectivity index (χ3v) is 7.92. The van der Waals surface area contributed by atoms with Crippen molar-refractivity contribution in [2.24, 2.45) is 0 Å². The molecule has 0 radical (unpaired) electrons. The van der Waals surface area contributed by atoms with Gasteiger partial charge in [0.25, 0.3) is 0 Å². The standard InChI is InChI=1S/C22H17Cl3F2N2O2S/c23-15-3-1-14(2-4-15)22-13-28(32(30,31)19-11-17(26)10-18(27)12-19)7-8-29(22)21-6-5-16(24)9-20(21)25/h1-6,9-12,22H,7-8,13H2. The lowest BCUT2D eigenvalue weighted by Crippen LogP contribution is -2.50. The van der Waals surface area contributed by atoms with Crippen LogP contribution in [0.15, 0.2) is 65.6 Å². The van der Waals surface area contributed by atoms with Crippen LogP contribution in [-0.4, -0.2) is 32.4 Å². The molecule has 1 saturated heterocycles. The number of halogens is 5. The van der Waals surface area contributed by atoms with E-state index < -0.39 is 32.6 Å². The minimum Gasteiger partial charge on any atom is -0.361 e. The van der Waals surface area contributed by atoms with E-state index in [0.29, 0.717) is 33.4 Å². The van der Waals surface area contributed by atoms with E-state index in [0.717, 1.165) is 17.7 Å². The zero-order chi connectivity index (χ0) is 23.0. The summed E-state index contributed by atoms with van der Waals surface area (Å²) in [6.07, 6.45) is 0. The van der Waals surface area contributed by atoms with Crippen LogP contribution in [0.2, 0.25) is 15.1 Å². The molecule has 1 aliphatic heterocycles. The summed E-state index contributed by atoms with van der Waals surface area (Å²) in [7, 11) is -4.13. The first-order chi connectivity index (χ1) is 15.1. The Hall–Kier alpha value is -1.90. The van der Waals surface area contributed by atoms with Gasteiger partial charge in [-0.15, -0.1) is 0 Å². The summed E-state index contributed by atoms with van der Waals surface area (Å²) in [5.74, 6) is -1.91. The van der Waals surface area contributed by atoms with Crippen LogP contribution >= 0.6 is 34.8 Å². The smallest absolute Gasteiger partial charge is 0.243 e. The maximum Gasteiger partial charge on any atom is 0.243 e. The molecule has 3 aromatic carbocycles. The molecule has 1 heterocycles. The van der Waals surface area contributed by atoms with Crippen LogP contribution < -0.4 is 4.90 Å². The summed E-state index contributed by atoms with van der Waals surface area (Å²) in [6, 6.07) is 14.0. The van der Waals surface area contributed by atoms with E-state index >= 15 is 0 Å². The first-order valence-electron chi connectivity index (χ1n) is 9.58. The number of hydrogen-bond donors (Lipinski definition) is 0. The zero-order valence-electron chi connectivity index (χ0n) is 16.5. The molecule has 0 amide bonds. The molecule has 0 aromatic heterocycles. The zero-order valence-corrected chi connectivity index (χ0v) is 19.6. The number of sulfonamides is 1. The van der Waals surface area contributed by atoms with Gasteiger partial charge in [0.2, 0.25) is 10.0 Å². The lowest BCUT2D eigenvalue weighted by molar-refractivity contribution is 0.335. The fraction of sp³-hybridized carbons (Fsp3) is 0.182.